The minimum atomic E-state index is -0.300. The van der Waals surface area contributed by atoms with Gasteiger partial charge in [0.15, 0.2) is 0 Å². The molecule has 0 aliphatic carbocycles. The number of nitrogens with one attached hydrogen (secondary N) is 2. The summed E-state index contributed by atoms with van der Waals surface area (Å²) in [6.45, 7) is 1.15. The van der Waals surface area contributed by atoms with E-state index in [1.807, 2.05) is 0 Å². The fraction of sp³-hybridized carbons (Fsp3) is 0.222. The second-order valence-electron chi connectivity index (χ2n) is 3.18. The Bertz CT molecular complexity index is 460. The topological polar surface area (TPSA) is 102 Å². The first-order valence-corrected chi connectivity index (χ1v) is 4.82. The van der Waals surface area contributed by atoms with Crippen LogP contribution in [-0.2, 0) is 6.54 Å². The Morgan fingerprint density at radius 2 is 2.44 bits per heavy atom. The number of hydrogen-bond acceptors (Lipinski definition) is 4. The summed E-state index contributed by atoms with van der Waals surface area (Å²) in [6.07, 6.45) is 6.40. The molecule has 16 heavy (non-hydrogen) atoms. The Balaban J connectivity index is 2.03. The third-order valence-corrected chi connectivity index (χ3v) is 1.98. The number of H-pyrrole nitrogens is 1. The molecule has 0 spiro atoms. The minimum Gasteiger partial charge on any atom is -0.335 e. The first kappa shape index (κ1) is 10.4. The summed E-state index contributed by atoms with van der Waals surface area (Å²) in [4.78, 5) is 22.3. The Morgan fingerprint density at radius 1 is 1.56 bits per heavy atom. The zero-order chi connectivity index (χ0) is 11.4. The van der Waals surface area contributed by atoms with Gasteiger partial charge in [-0.05, 0) is 0 Å². The molecule has 0 saturated heterocycles. The second kappa shape index (κ2) is 4.58. The summed E-state index contributed by atoms with van der Waals surface area (Å²) in [5.74, 6) is 0.101. The van der Waals surface area contributed by atoms with Crippen molar-refractivity contribution in [2.75, 3.05) is 11.9 Å². The van der Waals surface area contributed by atoms with Crippen molar-refractivity contribution < 1.29 is 4.79 Å². The number of nitrogens with zero attached hydrogens (tertiary/aromatic N) is 3. The van der Waals surface area contributed by atoms with E-state index in [0.29, 0.717) is 24.7 Å². The summed E-state index contributed by atoms with van der Waals surface area (Å²) < 4.78 is 1.76. The average molecular weight is 220 g/mol. The summed E-state index contributed by atoms with van der Waals surface area (Å²) in [7, 11) is 0. The first-order valence-electron chi connectivity index (χ1n) is 4.82. The van der Waals surface area contributed by atoms with Crippen molar-refractivity contribution in [3.05, 3.63) is 30.6 Å². The molecular formula is C9H12N6O. The van der Waals surface area contributed by atoms with Gasteiger partial charge in [0.2, 0.25) is 5.95 Å². The fourth-order valence-corrected chi connectivity index (χ4v) is 1.25. The lowest BCUT2D eigenvalue weighted by Crippen LogP contribution is -2.13. The Labute approximate surface area is 91.7 Å². The van der Waals surface area contributed by atoms with E-state index < -0.39 is 0 Å². The van der Waals surface area contributed by atoms with Crippen molar-refractivity contribution in [2.24, 2.45) is 5.73 Å². The maximum atomic E-state index is 11.7. The van der Waals surface area contributed by atoms with Gasteiger partial charge in [0.05, 0.1) is 6.33 Å². The smallest absolute Gasteiger partial charge is 0.278 e. The molecule has 0 bridgehead atoms. The van der Waals surface area contributed by atoms with Crippen molar-refractivity contribution in [1.29, 1.82) is 0 Å². The van der Waals surface area contributed by atoms with Crippen LogP contribution < -0.4 is 11.1 Å². The molecule has 4 N–H and O–H groups in total. The van der Waals surface area contributed by atoms with Crippen molar-refractivity contribution in [3.8, 4) is 0 Å². The molecule has 0 aliphatic rings. The van der Waals surface area contributed by atoms with Crippen LogP contribution in [0.25, 0.3) is 0 Å². The van der Waals surface area contributed by atoms with E-state index in [-0.39, 0.29) is 5.91 Å². The predicted octanol–water partition coefficient (Wildman–Crippen LogP) is -0.183. The van der Waals surface area contributed by atoms with E-state index in [1.165, 1.54) is 0 Å². The molecule has 2 aromatic heterocycles. The lowest BCUT2D eigenvalue weighted by atomic mass is 10.4. The zero-order valence-corrected chi connectivity index (χ0v) is 8.55. The molecule has 0 saturated carbocycles. The van der Waals surface area contributed by atoms with Crippen LogP contribution >= 0.6 is 0 Å². The SMILES string of the molecule is NCCn1cnc(C(=O)Nc2ncc[nH]2)c1. The van der Waals surface area contributed by atoms with Gasteiger partial charge < -0.3 is 15.3 Å². The number of anilines is 1. The van der Waals surface area contributed by atoms with Crippen LogP contribution in [0.5, 0.6) is 0 Å². The van der Waals surface area contributed by atoms with Gasteiger partial charge in [-0.15, -0.1) is 0 Å². The van der Waals surface area contributed by atoms with E-state index in [1.54, 1.807) is 29.5 Å². The highest BCUT2D eigenvalue weighted by atomic mass is 16.2. The third-order valence-electron chi connectivity index (χ3n) is 1.98. The first-order chi connectivity index (χ1) is 7.79. The number of aromatic nitrogens is 4. The highest BCUT2D eigenvalue weighted by Gasteiger charge is 2.10. The summed E-state index contributed by atoms with van der Waals surface area (Å²) in [6, 6.07) is 0. The normalized spacial score (nSPS) is 10.3. The predicted molar refractivity (Wildman–Crippen MR) is 57.8 cm³/mol. The molecule has 0 atom stereocenters. The van der Waals surface area contributed by atoms with Crippen molar-refractivity contribution >= 4 is 11.9 Å². The maximum absolute atomic E-state index is 11.7. The van der Waals surface area contributed by atoms with Crippen molar-refractivity contribution in [2.45, 2.75) is 6.54 Å². The van der Waals surface area contributed by atoms with Gasteiger partial charge in [-0.1, -0.05) is 0 Å². The van der Waals surface area contributed by atoms with E-state index in [0.717, 1.165) is 0 Å². The van der Waals surface area contributed by atoms with E-state index in [2.05, 4.69) is 20.3 Å². The number of carbonyl (C=O) groups excluding carboxylic acids is 1. The molecule has 0 aromatic carbocycles. The number of carbonyl (C=O) groups is 1. The summed E-state index contributed by atoms with van der Waals surface area (Å²) in [5, 5.41) is 2.58. The third kappa shape index (κ3) is 2.26. The number of amides is 1. The van der Waals surface area contributed by atoms with Crippen LogP contribution in [0.2, 0.25) is 0 Å². The standard InChI is InChI=1S/C9H12N6O/c10-1-4-15-5-7(13-6-15)8(16)14-9-11-2-3-12-9/h2-3,5-6H,1,4,10H2,(H2,11,12,14,16). The molecule has 7 nitrogen and oxygen atoms in total. The second-order valence-corrected chi connectivity index (χ2v) is 3.18. The lowest BCUT2D eigenvalue weighted by molar-refractivity contribution is 0.102. The van der Waals surface area contributed by atoms with Crippen molar-refractivity contribution in [1.82, 2.24) is 19.5 Å². The van der Waals surface area contributed by atoms with Gasteiger partial charge >= 0.3 is 0 Å². The fourth-order valence-electron chi connectivity index (χ4n) is 1.25. The van der Waals surface area contributed by atoms with Crippen LogP contribution in [0.4, 0.5) is 5.95 Å². The van der Waals surface area contributed by atoms with Crippen LogP contribution in [0, 0.1) is 0 Å². The van der Waals surface area contributed by atoms with Gasteiger partial charge in [0.1, 0.15) is 5.69 Å². The molecule has 2 heterocycles. The molecule has 2 aromatic rings. The molecule has 84 valence electrons. The number of aromatic amines is 1. The monoisotopic (exact) mass is 220 g/mol. The van der Waals surface area contributed by atoms with Gasteiger partial charge in [0.25, 0.3) is 5.91 Å². The number of rotatable bonds is 4. The Hall–Kier alpha value is -2.15. The van der Waals surface area contributed by atoms with Gasteiger partial charge in [0, 0.05) is 31.7 Å². The molecule has 0 aliphatic heterocycles. The zero-order valence-electron chi connectivity index (χ0n) is 8.55. The highest BCUT2D eigenvalue weighted by molar-refractivity contribution is 6.01. The van der Waals surface area contributed by atoms with Crippen LogP contribution in [0.15, 0.2) is 24.9 Å². The quantitative estimate of drug-likeness (QED) is 0.665. The number of imidazole rings is 2. The van der Waals surface area contributed by atoms with Crippen LogP contribution in [-0.4, -0.2) is 32.0 Å². The van der Waals surface area contributed by atoms with Gasteiger partial charge in [-0.25, -0.2) is 9.97 Å². The van der Waals surface area contributed by atoms with E-state index in [9.17, 15) is 4.79 Å². The van der Waals surface area contributed by atoms with Gasteiger partial charge in [-0.3, -0.25) is 10.1 Å². The summed E-state index contributed by atoms with van der Waals surface area (Å²) in [5.41, 5.74) is 5.73. The largest absolute Gasteiger partial charge is 0.335 e. The molecule has 0 unspecified atom stereocenters. The molecule has 7 heteroatoms. The average Bonchev–Trinajstić information content (AvgIpc) is 2.89. The minimum absolute atomic E-state index is 0.300. The Morgan fingerprint density at radius 3 is 3.12 bits per heavy atom. The molecular weight excluding hydrogens is 208 g/mol. The summed E-state index contributed by atoms with van der Waals surface area (Å²) >= 11 is 0. The molecule has 0 radical (unpaired) electrons. The van der Waals surface area contributed by atoms with Crippen molar-refractivity contribution in [3.63, 3.8) is 0 Å². The maximum Gasteiger partial charge on any atom is 0.278 e. The number of hydrogen-bond donors (Lipinski definition) is 3. The van der Waals surface area contributed by atoms with Crippen LogP contribution in [0.1, 0.15) is 10.5 Å². The van der Waals surface area contributed by atoms with E-state index in [4.69, 9.17) is 5.73 Å². The van der Waals surface area contributed by atoms with E-state index >= 15 is 0 Å². The highest BCUT2D eigenvalue weighted by Crippen LogP contribution is 2.01. The molecule has 0 fully saturated rings. The van der Waals surface area contributed by atoms with Crippen LogP contribution in [0.3, 0.4) is 0 Å². The Kier molecular flexibility index (Phi) is 2.97. The molecule has 2 rings (SSSR count). The lowest BCUT2D eigenvalue weighted by Gasteiger charge is -1.98. The molecule has 1 amide bonds. The van der Waals surface area contributed by atoms with Gasteiger partial charge in [-0.2, -0.15) is 0 Å². The number of nitrogens with two attached hydrogens (primary N) is 1.